The molecule has 4 nitrogen and oxygen atoms in total. The number of rotatable bonds is 3. The van der Waals surface area contributed by atoms with Crippen LogP contribution in [0.1, 0.15) is 23.3 Å². The van der Waals surface area contributed by atoms with Crippen LogP contribution >= 0.6 is 0 Å². The first-order chi connectivity index (χ1) is 11.3. The third-order valence-electron chi connectivity index (χ3n) is 4.81. The first kappa shape index (κ1) is 14.5. The monoisotopic (exact) mass is 310 g/mol. The molecule has 0 radical (unpaired) electrons. The maximum atomic E-state index is 6.00. The molecule has 2 aliphatic heterocycles. The van der Waals surface area contributed by atoms with E-state index in [9.17, 15) is 0 Å². The number of methoxy groups -OCH3 is 1. The molecule has 1 N–H and O–H groups in total. The highest BCUT2D eigenvalue weighted by atomic mass is 16.5. The van der Waals surface area contributed by atoms with Gasteiger partial charge in [0.1, 0.15) is 5.75 Å². The van der Waals surface area contributed by atoms with Gasteiger partial charge < -0.3 is 14.8 Å². The molecule has 2 atom stereocenters. The second-order valence-electron chi connectivity index (χ2n) is 6.11. The second kappa shape index (κ2) is 6.22. The molecule has 0 saturated carbocycles. The number of hydrogen-bond acceptors (Lipinski definition) is 4. The van der Waals surface area contributed by atoms with Gasteiger partial charge in [0, 0.05) is 25.3 Å². The van der Waals surface area contributed by atoms with Gasteiger partial charge in [0.2, 0.25) is 0 Å². The zero-order valence-electron chi connectivity index (χ0n) is 13.4. The van der Waals surface area contributed by atoms with E-state index in [1.165, 1.54) is 16.8 Å². The largest absolute Gasteiger partial charge is 0.497 e. The molecule has 1 saturated heterocycles. The van der Waals surface area contributed by atoms with E-state index in [4.69, 9.17) is 9.47 Å². The fourth-order valence-corrected chi connectivity index (χ4v) is 3.57. The summed E-state index contributed by atoms with van der Waals surface area (Å²) in [5.74, 6) is 0.922. The molecule has 2 aromatic rings. The van der Waals surface area contributed by atoms with E-state index < -0.39 is 0 Å². The second-order valence-corrected chi connectivity index (χ2v) is 6.11. The molecule has 120 valence electrons. The Bertz CT molecular complexity index is 674. The van der Waals surface area contributed by atoms with Gasteiger partial charge in [-0.25, -0.2) is 0 Å². The lowest BCUT2D eigenvalue weighted by atomic mass is 10.0. The standard InChI is InChI=1S/C19H22N2O2/c1-22-15-7-8-17-16(11-15)18(12-20-17)21-9-10-23-19(13-21)14-5-3-2-4-6-14/h2-8,11,18-20H,9-10,12-13H2,1H3. The molecule has 4 rings (SSSR count). The summed E-state index contributed by atoms with van der Waals surface area (Å²) >= 11 is 0. The van der Waals surface area contributed by atoms with Crippen molar-refractivity contribution in [2.75, 3.05) is 38.7 Å². The topological polar surface area (TPSA) is 33.7 Å². The van der Waals surface area contributed by atoms with Gasteiger partial charge in [-0.05, 0) is 29.3 Å². The Balaban J connectivity index is 1.55. The van der Waals surface area contributed by atoms with Crippen LogP contribution in [0.4, 0.5) is 5.69 Å². The van der Waals surface area contributed by atoms with Crippen LogP contribution in [0.3, 0.4) is 0 Å². The van der Waals surface area contributed by atoms with E-state index in [0.29, 0.717) is 6.04 Å². The predicted octanol–water partition coefficient (Wildman–Crippen LogP) is 3.24. The molecule has 2 aromatic carbocycles. The van der Waals surface area contributed by atoms with E-state index >= 15 is 0 Å². The number of nitrogens with zero attached hydrogens (tertiary/aromatic N) is 1. The molecule has 0 amide bonds. The van der Waals surface area contributed by atoms with Crippen LogP contribution in [-0.4, -0.2) is 38.3 Å². The third kappa shape index (κ3) is 2.80. The number of ether oxygens (including phenoxy) is 2. The molecular formula is C19H22N2O2. The molecule has 1 fully saturated rings. The molecule has 0 aliphatic carbocycles. The van der Waals surface area contributed by atoms with E-state index in [0.717, 1.165) is 32.0 Å². The van der Waals surface area contributed by atoms with Gasteiger partial charge in [0.05, 0.1) is 25.9 Å². The maximum absolute atomic E-state index is 6.00. The Kier molecular flexibility index (Phi) is 3.93. The average Bonchev–Trinajstić information content (AvgIpc) is 3.05. The van der Waals surface area contributed by atoms with Crippen LogP contribution in [-0.2, 0) is 4.74 Å². The number of hydrogen-bond donors (Lipinski definition) is 1. The van der Waals surface area contributed by atoms with Crippen LogP contribution in [0.5, 0.6) is 5.75 Å². The highest BCUT2D eigenvalue weighted by molar-refractivity contribution is 5.60. The minimum Gasteiger partial charge on any atom is -0.497 e. The Morgan fingerprint density at radius 3 is 2.87 bits per heavy atom. The van der Waals surface area contributed by atoms with Crippen molar-refractivity contribution in [1.29, 1.82) is 0 Å². The Morgan fingerprint density at radius 2 is 2.04 bits per heavy atom. The van der Waals surface area contributed by atoms with E-state index in [-0.39, 0.29) is 6.10 Å². The van der Waals surface area contributed by atoms with E-state index in [1.807, 2.05) is 12.1 Å². The van der Waals surface area contributed by atoms with Crippen molar-refractivity contribution in [3.05, 3.63) is 59.7 Å². The van der Waals surface area contributed by atoms with Crippen molar-refractivity contribution in [1.82, 2.24) is 4.90 Å². The molecule has 2 heterocycles. The lowest BCUT2D eigenvalue weighted by molar-refractivity contribution is -0.0429. The zero-order chi connectivity index (χ0) is 15.6. The lowest BCUT2D eigenvalue weighted by Gasteiger charge is -2.37. The zero-order valence-corrected chi connectivity index (χ0v) is 13.4. The average molecular weight is 310 g/mol. The molecule has 2 unspecified atom stereocenters. The van der Waals surface area contributed by atoms with E-state index in [1.54, 1.807) is 7.11 Å². The van der Waals surface area contributed by atoms with Crippen molar-refractivity contribution in [3.63, 3.8) is 0 Å². The van der Waals surface area contributed by atoms with Crippen LogP contribution in [0.2, 0.25) is 0 Å². The summed E-state index contributed by atoms with van der Waals surface area (Å²) in [6.45, 7) is 3.61. The van der Waals surface area contributed by atoms with Gasteiger partial charge >= 0.3 is 0 Å². The molecule has 0 bridgehead atoms. The van der Waals surface area contributed by atoms with Gasteiger partial charge in [-0.3, -0.25) is 4.90 Å². The highest BCUT2D eigenvalue weighted by Crippen LogP contribution is 2.38. The first-order valence-electron chi connectivity index (χ1n) is 8.17. The van der Waals surface area contributed by atoms with Crippen molar-refractivity contribution in [2.24, 2.45) is 0 Å². The molecule has 0 aromatic heterocycles. The molecule has 0 spiro atoms. The van der Waals surface area contributed by atoms with Gasteiger partial charge in [-0.15, -0.1) is 0 Å². The summed E-state index contributed by atoms with van der Waals surface area (Å²) in [4.78, 5) is 2.53. The third-order valence-corrected chi connectivity index (χ3v) is 4.81. The Labute approximate surface area is 137 Å². The van der Waals surface area contributed by atoms with E-state index in [2.05, 4.69) is 46.6 Å². The highest BCUT2D eigenvalue weighted by Gasteiger charge is 2.32. The van der Waals surface area contributed by atoms with Crippen LogP contribution < -0.4 is 10.1 Å². The minimum absolute atomic E-state index is 0.152. The smallest absolute Gasteiger partial charge is 0.119 e. The SMILES string of the molecule is COc1ccc2c(c1)C(N1CCOC(c3ccccc3)C1)CN2. The molecule has 4 heteroatoms. The van der Waals surface area contributed by atoms with Gasteiger partial charge in [-0.2, -0.15) is 0 Å². The predicted molar refractivity (Wildman–Crippen MR) is 90.9 cm³/mol. The van der Waals surface area contributed by atoms with Crippen LogP contribution in [0.25, 0.3) is 0 Å². The number of fused-ring (bicyclic) bond motifs is 1. The van der Waals surface area contributed by atoms with Crippen molar-refractivity contribution < 1.29 is 9.47 Å². The maximum Gasteiger partial charge on any atom is 0.119 e. The summed E-state index contributed by atoms with van der Waals surface area (Å²) < 4.78 is 11.4. The molecule has 2 aliphatic rings. The Morgan fingerprint density at radius 1 is 1.17 bits per heavy atom. The fraction of sp³-hybridized carbons (Fsp3) is 0.368. The van der Waals surface area contributed by atoms with Gasteiger partial charge in [0.25, 0.3) is 0 Å². The first-order valence-corrected chi connectivity index (χ1v) is 8.17. The van der Waals surface area contributed by atoms with Crippen LogP contribution in [0.15, 0.2) is 48.5 Å². The van der Waals surface area contributed by atoms with Gasteiger partial charge in [-0.1, -0.05) is 30.3 Å². The summed E-state index contributed by atoms with van der Waals surface area (Å²) in [7, 11) is 1.72. The number of benzene rings is 2. The summed E-state index contributed by atoms with van der Waals surface area (Å²) in [6, 6.07) is 17.2. The van der Waals surface area contributed by atoms with Crippen molar-refractivity contribution >= 4 is 5.69 Å². The summed E-state index contributed by atoms with van der Waals surface area (Å²) in [5, 5.41) is 3.52. The fourth-order valence-electron chi connectivity index (χ4n) is 3.57. The summed E-state index contributed by atoms with van der Waals surface area (Å²) in [6.07, 6.45) is 0.152. The molecular weight excluding hydrogens is 288 g/mol. The number of anilines is 1. The van der Waals surface area contributed by atoms with Crippen LogP contribution in [0, 0.1) is 0 Å². The molecule has 23 heavy (non-hydrogen) atoms. The Hall–Kier alpha value is -2.04. The quantitative estimate of drug-likeness (QED) is 0.944. The normalized spacial score (nSPS) is 24.0. The lowest BCUT2D eigenvalue weighted by Crippen LogP contribution is -2.41. The van der Waals surface area contributed by atoms with Crippen molar-refractivity contribution in [2.45, 2.75) is 12.1 Å². The number of nitrogens with one attached hydrogen (secondary N) is 1. The minimum atomic E-state index is 0.152. The summed E-state index contributed by atoms with van der Waals surface area (Å²) in [5.41, 5.74) is 3.81. The number of morpholine rings is 1. The van der Waals surface area contributed by atoms with Gasteiger partial charge in [0.15, 0.2) is 0 Å². The van der Waals surface area contributed by atoms with Crippen molar-refractivity contribution in [3.8, 4) is 5.75 Å².